The second-order valence-corrected chi connectivity index (χ2v) is 4.58. The van der Waals surface area contributed by atoms with Gasteiger partial charge < -0.3 is 9.73 Å². The van der Waals surface area contributed by atoms with Gasteiger partial charge in [0, 0.05) is 0 Å². The predicted octanol–water partition coefficient (Wildman–Crippen LogP) is 4.31. The lowest BCUT2D eigenvalue weighted by molar-refractivity contribution is -0.137. The molecule has 0 saturated carbocycles. The van der Waals surface area contributed by atoms with Crippen molar-refractivity contribution in [3.05, 3.63) is 59.0 Å². The third kappa shape index (κ3) is 3.04. The Morgan fingerprint density at radius 1 is 1.25 bits per heavy atom. The minimum Gasteiger partial charge on any atom is -0.467 e. The van der Waals surface area contributed by atoms with Crippen molar-refractivity contribution in [2.45, 2.75) is 26.1 Å². The minimum absolute atomic E-state index is 0.378. The van der Waals surface area contributed by atoms with Gasteiger partial charge in [-0.05, 0) is 42.8 Å². The van der Waals surface area contributed by atoms with E-state index in [1.54, 1.807) is 18.4 Å². The highest BCUT2D eigenvalue weighted by atomic mass is 19.4. The summed E-state index contributed by atoms with van der Waals surface area (Å²) >= 11 is 0. The summed E-state index contributed by atoms with van der Waals surface area (Å²) in [6.45, 7) is 4.40. The van der Waals surface area contributed by atoms with Crippen molar-refractivity contribution in [2.75, 3.05) is 6.54 Å². The van der Waals surface area contributed by atoms with Crippen LogP contribution in [-0.2, 0) is 6.18 Å². The van der Waals surface area contributed by atoms with Crippen LogP contribution in [0.5, 0.6) is 0 Å². The second-order valence-electron chi connectivity index (χ2n) is 4.58. The molecule has 0 aliphatic rings. The van der Waals surface area contributed by atoms with Gasteiger partial charge in [-0.25, -0.2) is 0 Å². The van der Waals surface area contributed by atoms with Crippen molar-refractivity contribution in [2.24, 2.45) is 0 Å². The summed E-state index contributed by atoms with van der Waals surface area (Å²) in [5.74, 6) is 0.645. The molecule has 1 aromatic carbocycles. The number of furan rings is 1. The van der Waals surface area contributed by atoms with Gasteiger partial charge in [-0.3, -0.25) is 0 Å². The number of benzene rings is 1. The Hall–Kier alpha value is -1.75. The Morgan fingerprint density at radius 3 is 2.55 bits per heavy atom. The van der Waals surface area contributed by atoms with Crippen molar-refractivity contribution in [1.82, 2.24) is 5.32 Å². The molecule has 2 aromatic rings. The number of rotatable bonds is 4. The molecular weight excluding hydrogens is 267 g/mol. The Labute approximate surface area is 115 Å². The lowest BCUT2D eigenvalue weighted by Gasteiger charge is -2.18. The summed E-state index contributed by atoms with van der Waals surface area (Å²) < 4.78 is 43.8. The average Bonchev–Trinajstić information content (AvgIpc) is 2.81. The Bertz CT molecular complexity index is 574. The van der Waals surface area contributed by atoms with Crippen LogP contribution in [0.1, 0.15) is 35.4 Å². The number of halogens is 3. The van der Waals surface area contributed by atoms with Gasteiger partial charge in [-0.2, -0.15) is 13.2 Å². The van der Waals surface area contributed by atoms with E-state index in [0.29, 0.717) is 17.9 Å². The molecule has 0 bridgehead atoms. The number of aryl methyl sites for hydroxylation is 1. The zero-order valence-electron chi connectivity index (χ0n) is 11.3. The molecule has 1 aromatic heterocycles. The zero-order chi connectivity index (χ0) is 14.8. The van der Waals surface area contributed by atoms with Gasteiger partial charge in [0.25, 0.3) is 0 Å². The lowest BCUT2D eigenvalue weighted by atomic mass is 9.99. The number of nitrogens with one attached hydrogen (secondary N) is 1. The SMILES string of the molecule is CCNC(c1cccc(C(F)(F)F)c1)c1occc1C. The fourth-order valence-electron chi connectivity index (χ4n) is 2.14. The third-order valence-corrected chi connectivity index (χ3v) is 3.12. The van der Waals surface area contributed by atoms with E-state index in [1.807, 2.05) is 13.8 Å². The summed E-state index contributed by atoms with van der Waals surface area (Å²) in [7, 11) is 0. The highest BCUT2D eigenvalue weighted by Gasteiger charge is 2.31. The van der Waals surface area contributed by atoms with Gasteiger partial charge in [-0.15, -0.1) is 0 Å². The average molecular weight is 283 g/mol. The van der Waals surface area contributed by atoms with E-state index in [1.165, 1.54) is 6.07 Å². The molecule has 0 aliphatic carbocycles. The van der Waals surface area contributed by atoms with Gasteiger partial charge in [0.15, 0.2) is 0 Å². The maximum atomic E-state index is 12.8. The molecule has 0 aliphatic heterocycles. The first-order valence-corrected chi connectivity index (χ1v) is 6.38. The standard InChI is InChI=1S/C15H16F3NO/c1-3-19-13(14-10(2)7-8-20-14)11-5-4-6-12(9-11)15(16,17)18/h4-9,13,19H,3H2,1-2H3. The molecule has 1 heterocycles. The molecule has 2 rings (SSSR count). The normalized spacial score (nSPS) is 13.4. The van der Waals surface area contributed by atoms with Crippen LogP contribution in [0.3, 0.4) is 0 Å². The lowest BCUT2D eigenvalue weighted by Crippen LogP contribution is -2.22. The summed E-state index contributed by atoms with van der Waals surface area (Å²) in [5, 5.41) is 3.16. The van der Waals surface area contributed by atoms with E-state index in [0.717, 1.165) is 17.7 Å². The van der Waals surface area contributed by atoms with Crippen LogP contribution >= 0.6 is 0 Å². The smallest absolute Gasteiger partial charge is 0.416 e. The fraction of sp³-hybridized carbons (Fsp3) is 0.333. The third-order valence-electron chi connectivity index (χ3n) is 3.12. The molecular formula is C15H16F3NO. The number of hydrogen-bond acceptors (Lipinski definition) is 2. The second kappa shape index (κ2) is 5.71. The monoisotopic (exact) mass is 283 g/mol. The molecule has 20 heavy (non-hydrogen) atoms. The Kier molecular flexibility index (Phi) is 4.18. The van der Waals surface area contributed by atoms with Crippen LogP contribution in [0.4, 0.5) is 13.2 Å². The van der Waals surface area contributed by atoms with Crippen LogP contribution in [-0.4, -0.2) is 6.54 Å². The summed E-state index contributed by atoms with van der Waals surface area (Å²) in [6.07, 6.45) is -2.80. The molecule has 0 saturated heterocycles. The molecule has 108 valence electrons. The highest BCUT2D eigenvalue weighted by molar-refractivity contribution is 5.34. The predicted molar refractivity (Wildman–Crippen MR) is 70.4 cm³/mol. The van der Waals surface area contributed by atoms with Crippen LogP contribution in [0.25, 0.3) is 0 Å². The topological polar surface area (TPSA) is 25.2 Å². The van der Waals surface area contributed by atoms with E-state index in [2.05, 4.69) is 5.32 Å². The first-order chi connectivity index (χ1) is 9.43. The molecule has 1 unspecified atom stereocenters. The van der Waals surface area contributed by atoms with Crippen LogP contribution < -0.4 is 5.32 Å². The van der Waals surface area contributed by atoms with E-state index in [4.69, 9.17) is 4.42 Å². The quantitative estimate of drug-likeness (QED) is 0.904. The Balaban J connectivity index is 2.43. The summed E-state index contributed by atoms with van der Waals surface area (Å²) in [4.78, 5) is 0. The van der Waals surface area contributed by atoms with Gasteiger partial charge in [0.2, 0.25) is 0 Å². The largest absolute Gasteiger partial charge is 0.467 e. The van der Waals surface area contributed by atoms with Crippen LogP contribution in [0, 0.1) is 6.92 Å². The molecule has 0 amide bonds. The highest BCUT2D eigenvalue weighted by Crippen LogP contribution is 2.32. The van der Waals surface area contributed by atoms with E-state index >= 15 is 0 Å². The van der Waals surface area contributed by atoms with Gasteiger partial charge >= 0.3 is 6.18 Å². The van der Waals surface area contributed by atoms with E-state index < -0.39 is 11.7 Å². The van der Waals surface area contributed by atoms with Crippen molar-refractivity contribution < 1.29 is 17.6 Å². The van der Waals surface area contributed by atoms with Crippen molar-refractivity contribution in [1.29, 1.82) is 0 Å². The number of alkyl halides is 3. The number of hydrogen-bond donors (Lipinski definition) is 1. The zero-order valence-corrected chi connectivity index (χ0v) is 11.3. The maximum Gasteiger partial charge on any atom is 0.416 e. The molecule has 0 fully saturated rings. The molecule has 2 nitrogen and oxygen atoms in total. The molecule has 1 N–H and O–H groups in total. The van der Waals surface area contributed by atoms with Crippen molar-refractivity contribution in [3.8, 4) is 0 Å². The maximum absolute atomic E-state index is 12.8. The van der Waals surface area contributed by atoms with Crippen LogP contribution in [0.2, 0.25) is 0 Å². The molecule has 0 radical (unpaired) electrons. The molecule has 1 atom stereocenters. The first kappa shape index (κ1) is 14.7. The summed E-state index contributed by atoms with van der Waals surface area (Å²) in [5.41, 5.74) is 0.801. The first-order valence-electron chi connectivity index (χ1n) is 6.38. The van der Waals surface area contributed by atoms with Crippen molar-refractivity contribution in [3.63, 3.8) is 0 Å². The van der Waals surface area contributed by atoms with Crippen LogP contribution in [0.15, 0.2) is 41.0 Å². The van der Waals surface area contributed by atoms with E-state index in [-0.39, 0.29) is 6.04 Å². The van der Waals surface area contributed by atoms with Crippen molar-refractivity contribution >= 4 is 0 Å². The summed E-state index contributed by atoms with van der Waals surface area (Å²) in [6, 6.07) is 6.74. The van der Waals surface area contributed by atoms with Gasteiger partial charge in [-0.1, -0.05) is 19.1 Å². The fourth-order valence-corrected chi connectivity index (χ4v) is 2.14. The molecule has 0 spiro atoms. The Morgan fingerprint density at radius 2 is 2.00 bits per heavy atom. The van der Waals surface area contributed by atoms with Gasteiger partial charge in [0.05, 0.1) is 17.9 Å². The molecule has 5 heteroatoms. The van der Waals surface area contributed by atoms with Gasteiger partial charge in [0.1, 0.15) is 5.76 Å². The van der Waals surface area contributed by atoms with E-state index in [9.17, 15) is 13.2 Å². The minimum atomic E-state index is -4.34.